The molecule has 2 amide bonds. The van der Waals surface area contributed by atoms with Crippen LogP contribution in [0.5, 0.6) is 0 Å². The number of nitrogens with one attached hydrogen (secondary N) is 1. The standard InChI is InChI=1S/C16H23N5O3/c1-10-4-14(19-13(18-10)9-24-3)20-7-12(8-20)21-6-11(5-15(21)22)16(23)17-2/h4,11-12H,5-9H2,1-3H3,(H,17,23). The van der Waals surface area contributed by atoms with Crippen LogP contribution in [-0.2, 0) is 20.9 Å². The molecule has 2 saturated heterocycles. The number of anilines is 1. The Kier molecular flexibility index (Phi) is 4.66. The molecule has 2 aliphatic heterocycles. The lowest BCUT2D eigenvalue weighted by atomic mass is 10.1. The number of nitrogens with zero attached hydrogens (tertiary/aromatic N) is 4. The summed E-state index contributed by atoms with van der Waals surface area (Å²) < 4.78 is 5.10. The molecular formula is C16H23N5O3. The van der Waals surface area contributed by atoms with Crippen LogP contribution in [0.4, 0.5) is 5.82 Å². The highest BCUT2D eigenvalue weighted by Crippen LogP contribution is 2.28. The first-order valence-corrected chi connectivity index (χ1v) is 8.11. The Morgan fingerprint density at radius 1 is 1.38 bits per heavy atom. The van der Waals surface area contributed by atoms with Crippen molar-refractivity contribution in [1.29, 1.82) is 0 Å². The number of aromatic nitrogens is 2. The van der Waals surface area contributed by atoms with Crippen molar-refractivity contribution in [2.24, 2.45) is 5.92 Å². The number of methoxy groups -OCH3 is 1. The van der Waals surface area contributed by atoms with Crippen molar-refractivity contribution in [3.8, 4) is 0 Å². The van der Waals surface area contributed by atoms with Crippen molar-refractivity contribution in [2.75, 3.05) is 38.7 Å². The number of hydrogen-bond acceptors (Lipinski definition) is 6. The van der Waals surface area contributed by atoms with Gasteiger partial charge in [0.05, 0.1) is 12.0 Å². The molecule has 2 aliphatic rings. The highest BCUT2D eigenvalue weighted by atomic mass is 16.5. The van der Waals surface area contributed by atoms with Crippen molar-refractivity contribution in [1.82, 2.24) is 20.2 Å². The number of rotatable bonds is 5. The van der Waals surface area contributed by atoms with E-state index in [9.17, 15) is 9.59 Å². The van der Waals surface area contributed by atoms with Gasteiger partial charge in [0.25, 0.3) is 0 Å². The van der Waals surface area contributed by atoms with Crippen LogP contribution in [0.3, 0.4) is 0 Å². The SMILES string of the molecule is CNC(=O)C1CC(=O)N(C2CN(c3cc(C)nc(COC)n3)C2)C1. The maximum Gasteiger partial charge on any atom is 0.225 e. The molecule has 8 heteroatoms. The topological polar surface area (TPSA) is 87.7 Å². The molecule has 1 N–H and O–H groups in total. The molecule has 24 heavy (non-hydrogen) atoms. The Bertz CT molecular complexity index is 645. The van der Waals surface area contributed by atoms with Gasteiger partial charge in [-0.15, -0.1) is 0 Å². The first kappa shape index (κ1) is 16.6. The Balaban J connectivity index is 1.61. The van der Waals surface area contributed by atoms with Crippen molar-refractivity contribution in [3.05, 3.63) is 17.6 Å². The van der Waals surface area contributed by atoms with Crippen LogP contribution >= 0.6 is 0 Å². The zero-order chi connectivity index (χ0) is 17.3. The number of amides is 2. The fraction of sp³-hybridized carbons (Fsp3) is 0.625. The zero-order valence-corrected chi connectivity index (χ0v) is 14.3. The van der Waals surface area contributed by atoms with Crippen LogP contribution in [0.15, 0.2) is 6.07 Å². The molecule has 3 heterocycles. The molecule has 1 aromatic rings. The molecule has 0 bridgehead atoms. The molecule has 0 radical (unpaired) electrons. The second kappa shape index (κ2) is 6.72. The summed E-state index contributed by atoms with van der Waals surface area (Å²) in [5.41, 5.74) is 0.896. The molecule has 0 aliphatic carbocycles. The number of hydrogen-bond donors (Lipinski definition) is 1. The van der Waals surface area contributed by atoms with Crippen LogP contribution < -0.4 is 10.2 Å². The summed E-state index contributed by atoms with van der Waals surface area (Å²) in [6.07, 6.45) is 0.306. The summed E-state index contributed by atoms with van der Waals surface area (Å²) in [6, 6.07) is 2.09. The van der Waals surface area contributed by atoms with Gasteiger partial charge in [-0.1, -0.05) is 0 Å². The minimum atomic E-state index is -0.230. The highest BCUT2D eigenvalue weighted by molar-refractivity contribution is 5.89. The van der Waals surface area contributed by atoms with Gasteiger partial charge in [0.1, 0.15) is 12.4 Å². The predicted molar refractivity (Wildman–Crippen MR) is 87.4 cm³/mol. The fourth-order valence-corrected chi connectivity index (χ4v) is 3.27. The first-order valence-electron chi connectivity index (χ1n) is 8.11. The molecule has 0 saturated carbocycles. The first-order chi connectivity index (χ1) is 11.5. The summed E-state index contributed by atoms with van der Waals surface area (Å²) in [4.78, 5) is 36.7. The molecular weight excluding hydrogens is 310 g/mol. The van der Waals surface area contributed by atoms with Crippen LogP contribution in [0.1, 0.15) is 17.9 Å². The Labute approximate surface area is 141 Å². The lowest BCUT2D eigenvalue weighted by Crippen LogP contribution is -2.60. The monoisotopic (exact) mass is 333 g/mol. The molecule has 1 aromatic heterocycles. The summed E-state index contributed by atoms with van der Waals surface area (Å²) >= 11 is 0. The summed E-state index contributed by atoms with van der Waals surface area (Å²) in [5, 5.41) is 2.62. The quantitative estimate of drug-likeness (QED) is 0.797. The van der Waals surface area contributed by atoms with Crippen LogP contribution in [-0.4, -0.2) is 66.5 Å². The lowest BCUT2D eigenvalue weighted by molar-refractivity contribution is -0.130. The summed E-state index contributed by atoms with van der Waals surface area (Å²) in [5.74, 6) is 1.30. The molecule has 1 atom stereocenters. The molecule has 3 rings (SSSR count). The van der Waals surface area contributed by atoms with Gasteiger partial charge in [0.2, 0.25) is 11.8 Å². The Hall–Kier alpha value is -2.22. The third-order valence-electron chi connectivity index (χ3n) is 4.56. The van der Waals surface area contributed by atoms with Gasteiger partial charge in [0.15, 0.2) is 5.82 Å². The molecule has 8 nitrogen and oxygen atoms in total. The van der Waals surface area contributed by atoms with E-state index < -0.39 is 0 Å². The van der Waals surface area contributed by atoms with E-state index in [1.54, 1.807) is 14.2 Å². The maximum atomic E-state index is 12.2. The Morgan fingerprint density at radius 2 is 2.12 bits per heavy atom. The van der Waals surface area contributed by atoms with Crippen molar-refractivity contribution in [3.63, 3.8) is 0 Å². The summed E-state index contributed by atoms with van der Waals surface area (Å²) in [7, 11) is 3.22. The van der Waals surface area contributed by atoms with Gasteiger partial charge >= 0.3 is 0 Å². The normalized spacial score (nSPS) is 21.1. The molecule has 0 spiro atoms. The van der Waals surface area contributed by atoms with Crippen LogP contribution in [0, 0.1) is 12.8 Å². The number of aryl methyl sites for hydroxylation is 1. The predicted octanol–water partition coefficient (Wildman–Crippen LogP) is -0.285. The minimum Gasteiger partial charge on any atom is -0.377 e. The van der Waals surface area contributed by atoms with E-state index in [1.807, 2.05) is 17.9 Å². The second-order valence-corrected chi connectivity index (χ2v) is 6.34. The molecule has 1 unspecified atom stereocenters. The smallest absolute Gasteiger partial charge is 0.225 e. The van der Waals surface area contributed by atoms with Crippen LogP contribution in [0.2, 0.25) is 0 Å². The van der Waals surface area contributed by atoms with Gasteiger partial charge in [0, 0.05) is 52.0 Å². The zero-order valence-electron chi connectivity index (χ0n) is 14.3. The molecule has 130 valence electrons. The van der Waals surface area contributed by atoms with Crippen molar-refractivity contribution in [2.45, 2.75) is 26.0 Å². The van der Waals surface area contributed by atoms with E-state index in [4.69, 9.17) is 4.74 Å². The lowest BCUT2D eigenvalue weighted by Gasteiger charge is -2.44. The second-order valence-electron chi connectivity index (χ2n) is 6.34. The van der Waals surface area contributed by atoms with E-state index in [0.29, 0.717) is 25.4 Å². The van der Waals surface area contributed by atoms with Gasteiger partial charge in [-0.2, -0.15) is 0 Å². The average Bonchev–Trinajstić information content (AvgIpc) is 2.87. The van der Waals surface area contributed by atoms with E-state index >= 15 is 0 Å². The number of likely N-dealkylation sites (tertiary alicyclic amines) is 1. The van der Waals surface area contributed by atoms with Gasteiger partial charge in [-0.25, -0.2) is 9.97 Å². The average molecular weight is 333 g/mol. The van der Waals surface area contributed by atoms with Gasteiger partial charge in [-0.3, -0.25) is 9.59 Å². The van der Waals surface area contributed by atoms with E-state index in [0.717, 1.165) is 24.6 Å². The van der Waals surface area contributed by atoms with Crippen molar-refractivity contribution < 1.29 is 14.3 Å². The van der Waals surface area contributed by atoms with Gasteiger partial charge in [-0.05, 0) is 6.92 Å². The maximum absolute atomic E-state index is 12.2. The molecule has 2 fully saturated rings. The number of carbonyl (C=O) groups is 2. The summed E-state index contributed by atoms with van der Waals surface area (Å²) in [6.45, 7) is 4.28. The Morgan fingerprint density at radius 3 is 2.79 bits per heavy atom. The van der Waals surface area contributed by atoms with E-state index in [-0.39, 0.29) is 23.8 Å². The molecule has 0 aromatic carbocycles. The van der Waals surface area contributed by atoms with Gasteiger partial charge < -0.3 is 19.9 Å². The number of ether oxygens (including phenoxy) is 1. The van der Waals surface area contributed by atoms with E-state index in [1.165, 1.54) is 0 Å². The van der Waals surface area contributed by atoms with E-state index in [2.05, 4.69) is 20.2 Å². The minimum absolute atomic E-state index is 0.0577. The van der Waals surface area contributed by atoms with Crippen molar-refractivity contribution >= 4 is 17.6 Å². The number of carbonyl (C=O) groups excluding carboxylic acids is 2. The highest BCUT2D eigenvalue weighted by Gasteiger charge is 2.42. The van der Waals surface area contributed by atoms with Crippen LogP contribution in [0.25, 0.3) is 0 Å². The third-order valence-corrected chi connectivity index (χ3v) is 4.56. The fourth-order valence-electron chi connectivity index (χ4n) is 3.27. The largest absolute Gasteiger partial charge is 0.377 e. The third kappa shape index (κ3) is 3.19.